The Balaban J connectivity index is 1.25. The average molecular weight is 586 g/mol. The van der Waals surface area contributed by atoms with Gasteiger partial charge in [-0.2, -0.15) is 9.97 Å². The van der Waals surface area contributed by atoms with E-state index in [1.165, 1.54) is 6.07 Å². The molecule has 3 fully saturated rings. The van der Waals surface area contributed by atoms with Crippen molar-refractivity contribution in [1.29, 1.82) is 0 Å². The lowest BCUT2D eigenvalue weighted by atomic mass is 9.98. The van der Waals surface area contributed by atoms with E-state index in [0.29, 0.717) is 45.9 Å². The number of hydrogen-bond acceptors (Lipinski definition) is 9. The van der Waals surface area contributed by atoms with Gasteiger partial charge in [0.15, 0.2) is 11.2 Å². The molecule has 1 aliphatic carbocycles. The van der Waals surface area contributed by atoms with E-state index in [9.17, 15) is 9.50 Å². The second-order valence-corrected chi connectivity index (χ2v) is 11.9. The first-order valence-electron chi connectivity index (χ1n) is 15.0. The van der Waals surface area contributed by atoms with Crippen LogP contribution in [0.1, 0.15) is 30.4 Å². The van der Waals surface area contributed by atoms with E-state index >= 15 is 0 Å². The summed E-state index contributed by atoms with van der Waals surface area (Å²) < 4.78 is 28.7. The van der Waals surface area contributed by atoms with E-state index in [2.05, 4.69) is 21.0 Å². The smallest absolute Gasteiger partial charge is 0.247 e. The molecule has 0 bridgehead atoms. The molecule has 7 rings (SSSR count). The number of halogens is 1. The topological polar surface area (TPSA) is 101 Å². The van der Waals surface area contributed by atoms with E-state index in [-0.39, 0.29) is 23.3 Å². The van der Waals surface area contributed by atoms with Gasteiger partial charge in [0.2, 0.25) is 11.8 Å². The number of benzene rings is 2. The number of ether oxygens (including phenoxy) is 2. The van der Waals surface area contributed by atoms with Gasteiger partial charge in [-0.25, -0.2) is 9.37 Å². The monoisotopic (exact) mass is 585 g/mol. The Bertz CT molecular complexity index is 1680. The van der Waals surface area contributed by atoms with E-state index in [1.54, 1.807) is 24.5 Å². The molecule has 0 amide bonds. The predicted molar refractivity (Wildman–Crippen MR) is 162 cm³/mol. The van der Waals surface area contributed by atoms with Crippen molar-refractivity contribution >= 4 is 27.9 Å². The first kappa shape index (κ1) is 27.8. The fourth-order valence-corrected chi connectivity index (χ4v) is 6.25. The molecule has 4 heterocycles. The number of imidazole rings is 1. The zero-order chi connectivity index (χ0) is 29.4. The highest BCUT2D eigenvalue weighted by Crippen LogP contribution is 2.47. The quantitative estimate of drug-likeness (QED) is 0.302. The van der Waals surface area contributed by atoms with Crippen LogP contribution in [0.5, 0.6) is 11.6 Å². The highest BCUT2D eigenvalue weighted by atomic mass is 19.1. The van der Waals surface area contributed by atoms with Gasteiger partial charge in [-0.05, 0) is 55.0 Å². The van der Waals surface area contributed by atoms with Gasteiger partial charge in [0.25, 0.3) is 0 Å². The van der Waals surface area contributed by atoms with Crippen LogP contribution in [0.2, 0.25) is 0 Å². The van der Waals surface area contributed by atoms with Crippen LogP contribution in [0.3, 0.4) is 0 Å². The highest BCUT2D eigenvalue weighted by molar-refractivity contribution is 5.92. The van der Waals surface area contributed by atoms with Gasteiger partial charge in [-0.3, -0.25) is 4.90 Å². The third-order valence-corrected chi connectivity index (χ3v) is 8.80. The van der Waals surface area contributed by atoms with E-state index in [4.69, 9.17) is 30.8 Å². The molecule has 0 radical (unpaired) electrons. The standard InChI is InChI=1S/C32H36FN7O3/c1-2-25-26(33)5-4-22-16-24(41)17-23(27(22)25)18-40-21-35-28-29(40)36-31(39-10-3-8-34-9-11-39)37-30(28)43-20-32(6-7-32)19-38-12-14-42-15-13-38/h1,4-5,16-17,21,34,41H,3,6-15,18-20H2. The predicted octanol–water partition coefficient (Wildman–Crippen LogP) is 3.14. The summed E-state index contributed by atoms with van der Waals surface area (Å²) in [6, 6.07) is 6.18. The first-order chi connectivity index (χ1) is 21.0. The van der Waals surface area contributed by atoms with Crippen LogP contribution < -0.4 is 15.0 Å². The third-order valence-electron chi connectivity index (χ3n) is 8.80. The Morgan fingerprint density at radius 2 is 1.98 bits per heavy atom. The summed E-state index contributed by atoms with van der Waals surface area (Å²) >= 11 is 0. The summed E-state index contributed by atoms with van der Waals surface area (Å²) in [7, 11) is 0. The Kier molecular flexibility index (Phi) is 7.51. The van der Waals surface area contributed by atoms with Gasteiger partial charge >= 0.3 is 0 Å². The number of nitrogens with zero attached hydrogens (tertiary/aromatic N) is 6. The molecule has 11 heteroatoms. The number of phenolic OH excluding ortho intramolecular Hbond substituents is 1. The van der Waals surface area contributed by atoms with E-state index in [1.807, 2.05) is 4.57 Å². The summed E-state index contributed by atoms with van der Waals surface area (Å²) in [5, 5.41) is 15.2. The molecule has 0 unspecified atom stereocenters. The van der Waals surface area contributed by atoms with Crippen LogP contribution in [-0.2, 0) is 11.3 Å². The number of fused-ring (bicyclic) bond motifs is 2. The fraction of sp³-hybridized carbons (Fsp3) is 0.469. The average Bonchev–Trinajstić information content (AvgIpc) is 3.74. The molecule has 0 atom stereocenters. The van der Waals surface area contributed by atoms with Crippen molar-refractivity contribution in [2.24, 2.45) is 5.41 Å². The van der Waals surface area contributed by atoms with Crippen molar-refractivity contribution in [2.45, 2.75) is 25.8 Å². The number of anilines is 1. The minimum atomic E-state index is -0.474. The summed E-state index contributed by atoms with van der Waals surface area (Å²) in [5.74, 6) is 3.17. The molecule has 2 N–H and O–H groups in total. The van der Waals surface area contributed by atoms with Crippen LogP contribution in [-0.4, -0.2) is 95.2 Å². The highest BCUT2D eigenvalue weighted by Gasteiger charge is 2.45. The lowest BCUT2D eigenvalue weighted by molar-refractivity contribution is 0.0234. The van der Waals surface area contributed by atoms with Crippen molar-refractivity contribution in [3.63, 3.8) is 0 Å². The maximum absolute atomic E-state index is 14.7. The van der Waals surface area contributed by atoms with Crippen LogP contribution >= 0.6 is 0 Å². The van der Waals surface area contributed by atoms with Crippen LogP contribution in [0.25, 0.3) is 21.9 Å². The molecule has 2 aliphatic heterocycles. The summed E-state index contributed by atoms with van der Waals surface area (Å²) in [6.45, 7) is 8.68. The molecule has 1 saturated carbocycles. The number of hydrogen-bond donors (Lipinski definition) is 2. The van der Waals surface area contributed by atoms with Gasteiger partial charge < -0.3 is 29.4 Å². The second kappa shape index (κ2) is 11.6. The Hall–Kier alpha value is -3.98. The van der Waals surface area contributed by atoms with Gasteiger partial charge in [0.1, 0.15) is 11.6 Å². The van der Waals surface area contributed by atoms with Gasteiger partial charge in [-0.1, -0.05) is 12.0 Å². The Morgan fingerprint density at radius 3 is 2.79 bits per heavy atom. The van der Waals surface area contributed by atoms with Crippen LogP contribution in [0.15, 0.2) is 30.6 Å². The number of phenols is 1. The number of nitrogens with one attached hydrogen (secondary N) is 1. The minimum Gasteiger partial charge on any atom is -0.508 e. The molecule has 2 aromatic heterocycles. The van der Waals surface area contributed by atoms with Gasteiger partial charge in [-0.15, -0.1) is 6.42 Å². The molecule has 3 aliphatic rings. The van der Waals surface area contributed by atoms with Crippen molar-refractivity contribution in [3.05, 3.63) is 47.5 Å². The third kappa shape index (κ3) is 5.70. The minimum absolute atomic E-state index is 0.0768. The molecule has 43 heavy (non-hydrogen) atoms. The lowest BCUT2D eigenvalue weighted by Crippen LogP contribution is -2.41. The van der Waals surface area contributed by atoms with E-state index in [0.717, 1.165) is 78.3 Å². The van der Waals surface area contributed by atoms with Gasteiger partial charge in [0, 0.05) is 50.1 Å². The maximum atomic E-state index is 14.7. The zero-order valence-corrected chi connectivity index (χ0v) is 24.2. The number of morpholine rings is 1. The summed E-state index contributed by atoms with van der Waals surface area (Å²) in [5.41, 5.74) is 2.14. The Morgan fingerprint density at radius 1 is 1.12 bits per heavy atom. The summed E-state index contributed by atoms with van der Waals surface area (Å²) in [4.78, 5) is 19.2. The zero-order valence-electron chi connectivity index (χ0n) is 24.2. The normalized spacial score (nSPS) is 18.9. The van der Waals surface area contributed by atoms with Crippen molar-refractivity contribution in [3.8, 4) is 24.0 Å². The van der Waals surface area contributed by atoms with E-state index < -0.39 is 5.82 Å². The SMILES string of the molecule is C#Cc1c(F)ccc2cc(O)cc(Cn3cnc4c(OCC5(CN6CCOCC6)CC5)nc(N5CCCNCC5)nc43)c12. The molecular formula is C32H36FN7O3. The van der Waals surface area contributed by atoms with Gasteiger partial charge in [0.05, 0.1) is 38.3 Å². The molecule has 4 aromatic rings. The molecule has 10 nitrogen and oxygen atoms in total. The number of terminal acetylenes is 1. The number of aromatic hydroxyl groups is 1. The fourth-order valence-electron chi connectivity index (χ4n) is 6.25. The molecule has 2 saturated heterocycles. The maximum Gasteiger partial charge on any atom is 0.247 e. The number of aromatic nitrogens is 4. The van der Waals surface area contributed by atoms with Crippen molar-refractivity contribution < 1.29 is 19.0 Å². The summed E-state index contributed by atoms with van der Waals surface area (Å²) in [6.07, 6.45) is 10.7. The van der Waals surface area contributed by atoms with Crippen molar-refractivity contribution in [2.75, 3.05) is 70.5 Å². The first-order valence-corrected chi connectivity index (χ1v) is 15.0. The second-order valence-electron chi connectivity index (χ2n) is 11.9. The van der Waals surface area contributed by atoms with Crippen molar-refractivity contribution in [1.82, 2.24) is 29.7 Å². The van der Waals surface area contributed by atoms with Crippen LogP contribution in [0, 0.1) is 23.6 Å². The molecular weight excluding hydrogens is 549 g/mol. The molecule has 2 aromatic carbocycles. The molecule has 0 spiro atoms. The molecule has 224 valence electrons. The largest absolute Gasteiger partial charge is 0.508 e. The lowest BCUT2D eigenvalue weighted by Gasteiger charge is -2.30. The van der Waals surface area contributed by atoms with Crippen LogP contribution in [0.4, 0.5) is 10.3 Å². The number of rotatable bonds is 8. The Labute approximate surface area is 249 Å².